The Morgan fingerprint density at radius 3 is 2.30 bits per heavy atom. The van der Waals surface area contributed by atoms with Gasteiger partial charge in [-0.3, -0.25) is 9.59 Å². The third-order valence-electron chi connectivity index (χ3n) is 3.46. The van der Waals surface area contributed by atoms with E-state index in [9.17, 15) is 9.59 Å². The molecule has 0 aromatic heterocycles. The fourth-order valence-corrected chi connectivity index (χ4v) is 2.19. The number of hydrogen-bond acceptors (Lipinski definition) is 5. The maximum atomic E-state index is 11.9. The van der Waals surface area contributed by atoms with Gasteiger partial charge in [-0.1, -0.05) is 17.7 Å². The zero-order valence-corrected chi connectivity index (χ0v) is 15.6. The Labute approximate surface area is 158 Å². The van der Waals surface area contributed by atoms with Crippen molar-refractivity contribution in [3.05, 3.63) is 53.6 Å². The van der Waals surface area contributed by atoms with Gasteiger partial charge in [0.15, 0.2) is 11.5 Å². The molecule has 0 saturated carbocycles. The molecule has 0 aliphatic carbocycles. The molecule has 7 nitrogen and oxygen atoms in total. The Balaban J connectivity index is 1.95. The van der Waals surface area contributed by atoms with Crippen molar-refractivity contribution in [2.45, 2.75) is 20.8 Å². The van der Waals surface area contributed by atoms with Crippen LogP contribution in [-0.2, 0) is 9.59 Å². The molecule has 142 valence electrons. The van der Waals surface area contributed by atoms with Crippen LogP contribution in [0.25, 0.3) is 0 Å². The highest BCUT2D eigenvalue weighted by Crippen LogP contribution is 2.27. The number of benzene rings is 2. The predicted octanol–water partition coefficient (Wildman–Crippen LogP) is 2.88. The van der Waals surface area contributed by atoms with Gasteiger partial charge in [-0.05, 0) is 56.7 Å². The standard InChI is InChI=1S/C20H23N3O4/c1-4-26-17-11-8-15(12-18(17)27-5-2)13-21-23-20(25)19(24)22-16-9-6-14(3)7-10-16/h6-13H,4-5H2,1-3H3,(H,22,24)(H,23,25)/b21-13-. The van der Waals surface area contributed by atoms with Gasteiger partial charge >= 0.3 is 11.8 Å². The molecule has 2 aromatic carbocycles. The first-order chi connectivity index (χ1) is 13.0. The molecule has 0 aliphatic heterocycles. The molecule has 0 unspecified atom stereocenters. The van der Waals surface area contributed by atoms with Gasteiger partial charge in [0, 0.05) is 5.69 Å². The van der Waals surface area contributed by atoms with Crippen molar-refractivity contribution >= 4 is 23.7 Å². The van der Waals surface area contributed by atoms with Crippen LogP contribution in [0, 0.1) is 6.92 Å². The number of nitrogens with zero attached hydrogens (tertiary/aromatic N) is 1. The number of anilines is 1. The first kappa shape index (κ1) is 20.0. The average molecular weight is 369 g/mol. The summed E-state index contributed by atoms with van der Waals surface area (Å²) >= 11 is 0. The Hall–Kier alpha value is -3.35. The fraction of sp³-hybridized carbons (Fsp3) is 0.250. The number of hydrogen-bond donors (Lipinski definition) is 2. The van der Waals surface area contributed by atoms with Crippen molar-refractivity contribution in [1.82, 2.24) is 5.43 Å². The summed E-state index contributed by atoms with van der Waals surface area (Å²) in [5.41, 5.74) is 4.49. The van der Waals surface area contributed by atoms with Crippen molar-refractivity contribution in [3.63, 3.8) is 0 Å². The largest absolute Gasteiger partial charge is 0.490 e. The van der Waals surface area contributed by atoms with Crippen LogP contribution in [0.2, 0.25) is 0 Å². The summed E-state index contributed by atoms with van der Waals surface area (Å²) in [5.74, 6) is -0.426. The lowest BCUT2D eigenvalue weighted by Crippen LogP contribution is -2.32. The number of amides is 2. The quantitative estimate of drug-likeness (QED) is 0.446. The predicted molar refractivity (Wildman–Crippen MR) is 104 cm³/mol. The molecule has 2 amide bonds. The second kappa shape index (κ2) is 9.96. The van der Waals surface area contributed by atoms with E-state index in [1.165, 1.54) is 6.21 Å². The summed E-state index contributed by atoms with van der Waals surface area (Å²) < 4.78 is 11.0. The van der Waals surface area contributed by atoms with Crippen molar-refractivity contribution < 1.29 is 19.1 Å². The Morgan fingerprint density at radius 2 is 1.63 bits per heavy atom. The third kappa shape index (κ3) is 6.14. The van der Waals surface area contributed by atoms with Crippen molar-refractivity contribution in [3.8, 4) is 11.5 Å². The lowest BCUT2D eigenvalue weighted by Gasteiger charge is -2.11. The van der Waals surface area contributed by atoms with Crippen LogP contribution in [0.3, 0.4) is 0 Å². The summed E-state index contributed by atoms with van der Waals surface area (Å²) in [5, 5.41) is 6.32. The summed E-state index contributed by atoms with van der Waals surface area (Å²) in [7, 11) is 0. The molecule has 27 heavy (non-hydrogen) atoms. The maximum Gasteiger partial charge on any atom is 0.329 e. The molecule has 7 heteroatoms. The van der Waals surface area contributed by atoms with Gasteiger partial charge in [-0.2, -0.15) is 5.10 Å². The van der Waals surface area contributed by atoms with E-state index in [2.05, 4.69) is 15.8 Å². The van der Waals surface area contributed by atoms with Gasteiger partial charge in [0.2, 0.25) is 0 Å². The van der Waals surface area contributed by atoms with Crippen molar-refractivity contribution in [1.29, 1.82) is 0 Å². The number of nitrogens with one attached hydrogen (secondary N) is 2. The van der Waals surface area contributed by atoms with Crippen LogP contribution >= 0.6 is 0 Å². The Kier molecular flexibility index (Phi) is 7.37. The van der Waals surface area contributed by atoms with Crippen LogP contribution in [0.1, 0.15) is 25.0 Å². The molecule has 0 heterocycles. The minimum atomic E-state index is -0.859. The summed E-state index contributed by atoms with van der Waals surface area (Å²) in [6.07, 6.45) is 1.43. The maximum absolute atomic E-state index is 11.9. The molecule has 0 bridgehead atoms. The highest BCUT2D eigenvalue weighted by molar-refractivity contribution is 6.39. The summed E-state index contributed by atoms with van der Waals surface area (Å²) in [6.45, 7) is 6.73. The van der Waals surface area contributed by atoms with Crippen LogP contribution in [0.5, 0.6) is 11.5 Å². The molecule has 0 radical (unpaired) electrons. The minimum absolute atomic E-state index is 0.497. The molecule has 0 atom stereocenters. The topological polar surface area (TPSA) is 89.0 Å². The Bertz CT molecular complexity index is 816. The van der Waals surface area contributed by atoms with Gasteiger partial charge in [-0.25, -0.2) is 5.43 Å². The second-order valence-electron chi connectivity index (χ2n) is 5.59. The smallest absolute Gasteiger partial charge is 0.329 e. The van der Waals surface area contributed by atoms with Crippen LogP contribution < -0.4 is 20.2 Å². The average Bonchev–Trinajstić information content (AvgIpc) is 2.66. The van der Waals surface area contributed by atoms with Gasteiger partial charge in [0.25, 0.3) is 0 Å². The molecule has 0 fully saturated rings. The van der Waals surface area contributed by atoms with E-state index in [4.69, 9.17) is 9.47 Å². The monoisotopic (exact) mass is 369 g/mol. The molecule has 0 spiro atoms. The van der Waals surface area contributed by atoms with Crippen LogP contribution in [-0.4, -0.2) is 31.2 Å². The first-order valence-corrected chi connectivity index (χ1v) is 8.64. The van der Waals surface area contributed by atoms with Crippen molar-refractivity contribution in [2.75, 3.05) is 18.5 Å². The second-order valence-corrected chi connectivity index (χ2v) is 5.59. The van der Waals surface area contributed by atoms with E-state index in [0.717, 1.165) is 5.56 Å². The Morgan fingerprint density at radius 1 is 0.963 bits per heavy atom. The number of ether oxygens (including phenoxy) is 2. The third-order valence-corrected chi connectivity index (χ3v) is 3.46. The zero-order chi connectivity index (χ0) is 19.6. The van der Waals surface area contributed by atoms with E-state index in [1.807, 2.05) is 32.9 Å². The lowest BCUT2D eigenvalue weighted by molar-refractivity contribution is -0.136. The highest BCUT2D eigenvalue weighted by Gasteiger charge is 2.12. The van der Waals surface area contributed by atoms with Gasteiger partial charge in [-0.15, -0.1) is 0 Å². The fourth-order valence-electron chi connectivity index (χ4n) is 2.19. The number of carbonyl (C=O) groups is 2. The number of aryl methyl sites for hydroxylation is 1. The van der Waals surface area contributed by atoms with Crippen LogP contribution in [0.4, 0.5) is 5.69 Å². The number of carbonyl (C=O) groups excluding carboxylic acids is 2. The first-order valence-electron chi connectivity index (χ1n) is 8.64. The van der Waals surface area contributed by atoms with Gasteiger partial charge in [0.1, 0.15) is 0 Å². The highest BCUT2D eigenvalue weighted by atomic mass is 16.5. The lowest BCUT2D eigenvalue weighted by atomic mass is 10.2. The van der Waals surface area contributed by atoms with Crippen molar-refractivity contribution in [2.24, 2.45) is 5.10 Å². The van der Waals surface area contributed by atoms with Crippen LogP contribution in [0.15, 0.2) is 47.6 Å². The molecule has 2 rings (SSSR count). The number of hydrazone groups is 1. The molecular weight excluding hydrogens is 346 g/mol. The zero-order valence-electron chi connectivity index (χ0n) is 15.6. The van der Waals surface area contributed by atoms with E-state index in [1.54, 1.807) is 30.3 Å². The SMILES string of the molecule is CCOc1ccc(/C=N\NC(=O)C(=O)Nc2ccc(C)cc2)cc1OCC. The normalized spacial score (nSPS) is 10.5. The van der Waals surface area contributed by atoms with Gasteiger partial charge < -0.3 is 14.8 Å². The molecule has 0 aliphatic rings. The van der Waals surface area contributed by atoms with E-state index >= 15 is 0 Å². The van der Waals surface area contributed by atoms with E-state index in [-0.39, 0.29) is 0 Å². The molecule has 0 saturated heterocycles. The van der Waals surface area contributed by atoms with E-state index in [0.29, 0.717) is 36.0 Å². The molecular formula is C20H23N3O4. The molecule has 2 aromatic rings. The minimum Gasteiger partial charge on any atom is -0.490 e. The molecule has 2 N–H and O–H groups in total. The number of rotatable bonds is 7. The summed E-state index contributed by atoms with van der Waals surface area (Å²) in [6, 6.07) is 12.4. The van der Waals surface area contributed by atoms with Gasteiger partial charge in [0.05, 0.1) is 19.4 Å². The summed E-state index contributed by atoms with van der Waals surface area (Å²) in [4.78, 5) is 23.7. The van der Waals surface area contributed by atoms with E-state index < -0.39 is 11.8 Å².